The van der Waals surface area contributed by atoms with E-state index in [0.717, 1.165) is 39.9 Å². The number of amidine groups is 1. The van der Waals surface area contributed by atoms with E-state index >= 15 is 0 Å². The highest BCUT2D eigenvalue weighted by Crippen LogP contribution is 2.38. The molecule has 0 saturated carbocycles. The van der Waals surface area contributed by atoms with Gasteiger partial charge in [-0.3, -0.25) is 19.4 Å². The summed E-state index contributed by atoms with van der Waals surface area (Å²) < 4.78 is 0. The van der Waals surface area contributed by atoms with Crippen molar-refractivity contribution in [1.29, 1.82) is 0 Å². The van der Waals surface area contributed by atoms with Crippen molar-refractivity contribution >= 4 is 34.7 Å². The molecule has 1 N–H and O–H groups in total. The standard InChI is InChI=1S/C35H35N3O3/c1-6-24-9-7-12-28(17-24)35(41)38-34-30(29-15-14-26(20-32(29)37-34)21-33(40)22(2)3)19-25-10-8-11-27(18-25)31(36-5)16-13-23(4)39/h7-18,20,30H,2,6,19,21H2,1,3-5H3,(H,37,38,41)/b16-13-,36-31+. The van der Waals surface area contributed by atoms with Crippen molar-refractivity contribution in [3.05, 3.63) is 124 Å². The molecule has 41 heavy (non-hydrogen) atoms. The van der Waals surface area contributed by atoms with Crippen molar-refractivity contribution in [2.24, 2.45) is 9.98 Å². The molecule has 0 spiro atoms. The number of hydrogen-bond donors (Lipinski definition) is 1. The minimum absolute atomic E-state index is 0.0168. The molecule has 6 nitrogen and oxygen atoms in total. The van der Waals surface area contributed by atoms with Gasteiger partial charge in [-0.05, 0) is 96.5 Å². The summed E-state index contributed by atoms with van der Waals surface area (Å²) in [5.41, 5.74) is 7.41. The molecule has 1 amide bonds. The lowest BCUT2D eigenvalue weighted by Crippen LogP contribution is -2.34. The Labute approximate surface area is 241 Å². The predicted molar refractivity (Wildman–Crippen MR) is 166 cm³/mol. The van der Waals surface area contributed by atoms with Gasteiger partial charge in [-0.25, -0.2) is 4.99 Å². The van der Waals surface area contributed by atoms with Gasteiger partial charge in [0.05, 0.1) is 11.4 Å². The Morgan fingerprint density at radius 3 is 2.32 bits per heavy atom. The number of amides is 1. The normalized spacial score (nSPS) is 14.5. The molecule has 0 aromatic heterocycles. The maximum absolute atomic E-state index is 13.3. The minimum Gasteiger partial charge on any atom is -0.310 e. The maximum Gasteiger partial charge on any atom is 0.256 e. The Morgan fingerprint density at radius 2 is 1.63 bits per heavy atom. The van der Waals surface area contributed by atoms with Crippen LogP contribution in [0.4, 0.5) is 5.69 Å². The molecule has 3 aromatic rings. The number of fused-ring (bicyclic) bond motifs is 1. The summed E-state index contributed by atoms with van der Waals surface area (Å²) in [7, 11) is 1.70. The van der Waals surface area contributed by atoms with Crippen molar-refractivity contribution in [3.8, 4) is 0 Å². The van der Waals surface area contributed by atoms with E-state index in [1.807, 2.05) is 54.6 Å². The second kappa shape index (κ2) is 13.1. The number of nitrogens with zero attached hydrogens (tertiary/aromatic N) is 2. The third-order valence-electron chi connectivity index (χ3n) is 7.10. The van der Waals surface area contributed by atoms with Gasteiger partial charge < -0.3 is 5.32 Å². The lowest BCUT2D eigenvalue weighted by Gasteiger charge is -2.17. The van der Waals surface area contributed by atoms with Gasteiger partial charge in [0.2, 0.25) is 0 Å². The smallest absolute Gasteiger partial charge is 0.256 e. The van der Waals surface area contributed by atoms with Crippen LogP contribution in [0.2, 0.25) is 0 Å². The summed E-state index contributed by atoms with van der Waals surface area (Å²) >= 11 is 0. The number of aliphatic imine (C=N–C) groups is 2. The molecule has 1 heterocycles. The van der Waals surface area contributed by atoms with E-state index in [4.69, 9.17) is 4.99 Å². The highest BCUT2D eigenvalue weighted by Gasteiger charge is 2.29. The maximum atomic E-state index is 13.3. The van der Waals surface area contributed by atoms with Crippen LogP contribution in [0.15, 0.2) is 101 Å². The lowest BCUT2D eigenvalue weighted by molar-refractivity contribution is -0.115. The summed E-state index contributed by atoms with van der Waals surface area (Å²) in [6, 6.07) is 21.5. The molecule has 1 aliphatic rings. The fourth-order valence-corrected chi connectivity index (χ4v) is 4.81. The van der Waals surface area contributed by atoms with Gasteiger partial charge in [0.1, 0.15) is 5.84 Å². The zero-order valence-corrected chi connectivity index (χ0v) is 24.0. The minimum atomic E-state index is -0.210. The van der Waals surface area contributed by atoms with Crippen molar-refractivity contribution < 1.29 is 14.4 Å². The van der Waals surface area contributed by atoms with E-state index in [2.05, 4.69) is 29.9 Å². The third-order valence-corrected chi connectivity index (χ3v) is 7.10. The molecule has 6 heteroatoms. The molecule has 0 fully saturated rings. The van der Waals surface area contributed by atoms with Crippen LogP contribution in [0.3, 0.4) is 0 Å². The van der Waals surface area contributed by atoms with E-state index in [9.17, 15) is 14.4 Å². The SMILES string of the molecule is C=C(C)C(=O)Cc1ccc2c(c1)N=C(NC(=O)c1cccc(CC)c1)C2Cc1cccc(C(/C=C\C(C)=O)=N/C)c1. The highest BCUT2D eigenvalue weighted by atomic mass is 16.2. The van der Waals surface area contributed by atoms with Crippen molar-refractivity contribution in [2.45, 2.75) is 46.0 Å². The zero-order chi connectivity index (χ0) is 29.5. The lowest BCUT2D eigenvalue weighted by atomic mass is 9.89. The first-order chi connectivity index (χ1) is 19.7. The van der Waals surface area contributed by atoms with Crippen molar-refractivity contribution in [1.82, 2.24) is 5.32 Å². The predicted octanol–water partition coefficient (Wildman–Crippen LogP) is 6.30. The number of carbonyl (C=O) groups is 3. The number of aryl methyl sites for hydroxylation is 1. The molecule has 0 aliphatic carbocycles. The Balaban J connectivity index is 1.67. The van der Waals surface area contributed by atoms with Gasteiger partial charge in [0.15, 0.2) is 11.6 Å². The van der Waals surface area contributed by atoms with Gasteiger partial charge in [0.25, 0.3) is 5.91 Å². The van der Waals surface area contributed by atoms with Crippen molar-refractivity contribution in [3.63, 3.8) is 0 Å². The molecule has 1 unspecified atom stereocenters. The molecule has 4 rings (SSSR count). The number of nitrogens with one attached hydrogen (secondary N) is 1. The average molecular weight is 546 g/mol. The molecule has 0 saturated heterocycles. The first kappa shape index (κ1) is 29.3. The Kier molecular flexibility index (Phi) is 9.35. The van der Waals surface area contributed by atoms with E-state index in [0.29, 0.717) is 29.1 Å². The fourth-order valence-electron chi connectivity index (χ4n) is 4.81. The van der Waals surface area contributed by atoms with Gasteiger partial charge >= 0.3 is 0 Å². The van der Waals surface area contributed by atoms with Crippen molar-refractivity contribution in [2.75, 3.05) is 7.05 Å². The van der Waals surface area contributed by atoms with Crippen LogP contribution >= 0.6 is 0 Å². The van der Waals surface area contributed by atoms with Gasteiger partial charge in [-0.1, -0.05) is 56.0 Å². The van der Waals surface area contributed by atoms with Crippen LogP contribution in [0.5, 0.6) is 0 Å². The molecule has 1 atom stereocenters. The monoisotopic (exact) mass is 545 g/mol. The van der Waals surface area contributed by atoms with E-state index < -0.39 is 0 Å². The van der Waals surface area contributed by atoms with E-state index in [1.54, 1.807) is 26.1 Å². The van der Waals surface area contributed by atoms with Gasteiger partial charge in [-0.2, -0.15) is 0 Å². The topological polar surface area (TPSA) is 88.0 Å². The zero-order valence-electron chi connectivity index (χ0n) is 24.0. The first-order valence-electron chi connectivity index (χ1n) is 13.7. The van der Waals surface area contributed by atoms with E-state index in [-0.39, 0.29) is 29.8 Å². The average Bonchev–Trinajstić information content (AvgIpc) is 3.28. The Hall–Kier alpha value is -4.71. The fraction of sp³-hybridized carbons (Fsp3) is 0.229. The Bertz CT molecular complexity index is 1610. The third kappa shape index (κ3) is 7.28. The number of allylic oxidation sites excluding steroid dienone is 3. The number of rotatable bonds is 10. The summed E-state index contributed by atoms with van der Waals surface area (Å²) in [6.07, 6.45) is 4.91. The van der Waals surface area contributed by atoms with Gasteiger partial charge in [0, 0.05) is 24.9 Å². The molecular formula is C35H35N3O3. The first-order valence-corrected chi connectivity index (χ1v) is 13.7. The highest BCUT2D eigenvalue weighted by molar-refractivity contribution is 6.12. The quantitative estimate of drug-likeness (QED) is 0.240. The number of ketones is 2. The molecular weight excluding hydrogens is 510 g/mol. The summed E-state index contributed by atoms with van der Waals surface area (Å²) in [6.45, 7) is 9.03. The Morgan fingerprint density at radius 1 is 0.927 bits per heavy atom. The van der Waals surface area contributed by atoms with Crippen LogP contribution in [0, 0.1) is 0 Å². The number of benzene rings is 3. The number of hydrogen-bond acceptors (Lipinski definition) is 5. The van der Waals surface area contributed by atoms with Crippen LogP contribution < -0.4 is 5.32 Å². The number of carbonyl (C=O) groups excluding carboxylic acids is 3. The van der Waals surface area contributed by atoms with Gasteiger partial charge in [-0.15, -0.1) is 0 Å². The molecule has 208 valence electrons. The summed E-state index contributed by atoms with van der Waals surface area (Å²) in [5.74, 6) is 0.103. The van der Waals surface area contributed by atoms with Crippen LogP contribution in [-0.2, 0) is 28.9 Å². The van der Waals surface area contributed by atoms with Crippen LogP contribution in [0.1, 0.15) is 64.9 Å². The largest absolute Gasteiger partial charge is 0.310 e. The number of Topliss-reactive ketones (excluding diaryl/α,β-unsaturated/α-hetero) is 1. The van der Waals surface area contributed by atoms with E-state index in [1.165, 1.54) is 13.0 Å². The second-order valence-electron chi connectivity index (χ2n) is 10.3. The molecule has 0 bridgehead atoms. The van der Waals surface area contributed by atoms with Crippen LogP contribution in [0.25, 0.3) is 0 Å². The summed E-state index contributed by atoms with van der Waals surface area (Å²) in [5, 5.41) is 3.08. The molecule has 0 radical (unpaired) electrons. The van der Waals surface area contributed by atoms with Crippen LogP contribution in [-0.4, -0.2) is 36.1 Å². The summed E-state index contributed by atoms with van der Waals surface area (Å²) in [4.78, 5) is 46.3. The second-order valence-corrected chi connectivity index (χ2v) is 10.3. The molecule has 3 aromatic carbocycles. The molecule has 1 aliphatic heterocycles.